The van der Waals surface area contributed by atoms with Gasteiger partial charge in [-0.25, -0.2) is 8.78 Å². The standard InChI is InChI=1S/C12H6Cl2F2N2O2/c13-7-3-6(1-2-9(7)15)17-11-5-10(16)8(14)4-12(11)18(19)20/h1-5,17H. The first kappa shape index (κ1) is 14.5. The molecule has 0 amide bonds. The van der Waals surface area contributed by atoms with Gasteiger partial charge in [-0.05, 0) is 18.2 Å². The molecule has 0 aliphatic carbocycles. The van der Waals surface area contributed by atoms with Crippen LogP contribution in [-0.2, 0) is 0 Å². The number of nitrogens with one attached hydrogen (secondary N) is 1. The van der Waals surface area contributed by atoms with Crippen LogP contribution in [0.1, 0.15) is 0 Å². The van der Waals surface area contributed by atoms with Crippen LogP contribution in [0.2, 0.25) is 10.0 Å². The minimum absolute atomic E-state index is 0.112. The minimum Gasteiger partial charge on any atom is -0.350 e. The summed E-state index contributed by atoms with van der Waals surface area (Å²) in [4.78, 5) is 10.2. The molecule has 0 fully saturated rings. The monoisotopic (exact) mass is 318 g/mol. The maximum atomic E-state index is 13.4. The predicted molar refractivity (Wildman–Crippen MR) is 72.8 cm³/mol. The van der Waals surface area contributed by atoms with E-state index >= 15 is 0 Å². The predicted octanol–water partition coefficient (Wildman–Crippen LogP) is 4.92. The summed E-state index contributed by atoms with van der Waals surface area (Å²) in [5, 5.41) is 13.0. The number of benzene rings is 2. The van der Waals surface area contributed by atoms with Gasteiger partial charge >= 0.3 is 0 Å². The molecule has 8 heteroatoms. The molecular formula is C12H6Cl2F2N2O2. The van der Waals surface area contributed by atoms with Crippen LogP contribution in [0.4, 0.5) is 25.8 Å². The second kappa shape index (κ2) is 5.60. The van der Waals surface area contributed by atoms with E-state index in [1.807, 2.05) is 0 Å². The number of anilines is 2. The van der Waals surface area contributed by atoms with Crippen LogP contribution >= 0.6 is 23.2 Å². The zero-order valence-electron chi connectivity index (χ0n) is 9.66. The third-order valence-corrected chi connectivity index (χ3v) is 3.01. The summed E-state index contributed by atoms with van der Waals surface area (Å²) >= 11 is 11.1. The van der Waals surface area contributed by atoms with Crippen LogP contribution in [0.5, 0.6) is 0 Å². The largest absolute Gasteiger partial charge is 0.350 e. The van der Waals surface area contributed by atoms with Crippen molar-refractivity contribution in [2.45, 2.75) is 0 Å². The molecule has 0 unspecified atom stereocenters. The Morgan fingerprint density at radius 3 is 2.30 bits per heavy atom. The third-order valence-electron chi connectivity index (χ3n) is 2.43. The number of nitro groups is 1. The van der Waals surface area contributed by atoms with Crippen molar-refractivity contribution >= 4 is 40.3 Å². The summed E-state index contributed by atoms with van der Waals surface area (Å²) in [6.07, 6.45) is 0. The summed E-state index contributed by atoms with van der Waals surface area (Å²) in [5.41, 5.74) is -0.238. The van der Waals surface area contributed by atoms with Gasteiger partial charge in [0.2, 0.25) is 0 Å². The van der Waals surface area contributed by atoms with Crippen molar-refractivity contribution in [3.63, 3.8) is 0 Å². The van der Waals surface area contributed by atoms with Crippen molar-refractivity contribution in [3.8, 4) is 0 Å². The van der Waals surface area contributed by atoms with Crippen molar-refractivity contribution in [3.05, 3.63) is 62.1 Å². The summed E-state index contributed by atoms with van der Waals surface area (Å²) in [6.45, 7) is 0. The molecule has 20 heavy (non-hydrogen) atoms. The molecule has 2 aromatic carbocycles. The summed E-state index contributed by atoms with van der Waals surface area (Å²) in [7, 11) is 0. The molecule has 2 rings (SSSR count). The lowest BCUT2D eigenvalue weighted by atomic mass is 10.2. The number of hydrogen-bond acceptors (Lipinski definition) is 3. The van der Waals surface area contributed by atoms with Gasteiger partial charge < -0.3 is 5.32 Å². The third kappa shape index (κ3) is 2.97. The topological polar surface area (TPSA) is 55.2 Å². The van der Waals surface area contributed by atoms with Gasteiger partial charge in [-0.3, -0.25) is 10.1 Å². The normalized spacial score (nSPS) is 10.4. The summed E-state index contributed by atoms with van der Waals surface area (Å²) in [6, 6.07) is 5.41. The van der Waals surface area contributed by atoms with E-state index in [9.17, 15) is 18.9 Å². The molecule has 0 aliphatic heterocycles. The van der Waals surface area contributed by atoms with Crippen LogP contribution in [-0.4, -0.2) is 4.92 Å². The Morgan fingerprint density at radius 1 is 1.05 bits per heavy atom. The molecular weight excluding hydrogens is 313 g/mol. The molecule has 1 N–H and O–H groups in total. The molecule has 0 radical (unpaired) electrons. The fourth-order valence-electron chi connectivity index (χ4n) is 1.52. The van der Waals surface area contributed by atoms with Gasteiger partial charge in [0.25, 0.3) is 5.69 Å². The smallest absolute Gasteiger partial charge is 0.294 e. The molecule has 0 spiro atoms. The molecule has 0 heterocycles. The van der Waals surface area contributed by atoms with Gasteiger partial charge in [-0.15, -0.1) is 0 Å². The van der Waals surface area contributed by atoms with E-state index < -0.39 is 22.2 Å². The Bertz CT molecular complexity index is 695. The molecule has 0 saturated carbocycles. The van der Waals surface area contributed by atoms with Gasteiger partial charge in [0, 0.05) is 17.8 Å². The first-order valence-electron chi connectivity index (χ1n) is 5.24. The number of nitro benzene ring substituents is 1. The molecule has 104 valence electrons. The zero-order valence-corrected chi connectivity index (χ0v) is 11.2. The minimum atomic E-state index is -0.812. The highest BCUT2D eigenvalue weighted by Crippen LogP contribution is 2.33. The lowest BCUT2D eigenvalue weighted by Gasteiger charge is -2.08. The summed E-state index contributed by atoms with van der Waals surface area (Å²) in [5.74, 6) is -1.44. The van der Waals surface area contributed by atoms with Gasteiger partial charge in [0.05, 0.1) is 15.0 Å². The Morgan fingerprint density at radius 2 is 1.70 bits per heavy atom. The highest BCUT2D eigenvalue weighted by atomic mass is 35.5. The number of halogens is 4. The maximum absolute atomic E-state index is 13.4. The van der Waals surface area contributed by atoms with Crippen molar-refractivity contribution in [1.29, 1.82) is 0 Å². The van der Waals surface area contributed by atoms with E-state index in [0.29, 0.717) is 0 Å². The highest BCUT2D eigenvalue weighted by Gasteiger charge is 2.18. The lowest BCUT2D eigenvalue weighted by Crippen LogP contribution is -1.98. The van der Waals surface area contributed by atoms with Crippen LogP contribution in [0.15, 0.2) is 30.3 Å². The molecule has 0 aliphatic rings. The molecule has 0 aromatic heterocycles. The Labute approximate surface area is 122 Å². The second-order valence-corrected chi connectivity index (χ2v) is 4.61. The Kier molecular flexibility index (Phi) is 4.06. The van der Waals surface area contributed by atoms with Crippen molar-refractivity contribution < 1.29 is 13.7 Å². The quantitative estimate of drug-likeness (QED) is 0.645. The average molecular weight is 319 g/mol. The average Bonchev–Trinajstić information content (AvgIpc) is 2.37. The van der Waals surface area contributed by atoms with Crippen LogP contribution in [0, 0.1) is 21.7 Å². The van der Waals surface area contributed by atoms with Crippen LogP contribution in [0.3, 0.4) is 0 Å². The molecule has 0 atom stereocenters. The lowest BCUT2D eigenvalue weighted by molar-refractivity contribution is -0.383. The Hall–Kier alpha value is -1.92. The van der Waals surface area contributed by atoms with E-state index in [1.54, 1.807) is 0 Å². The number of hydrogen-bond donors (Lipinski definition) is 1. The fourth-order valence-corrected chi connectivity index (χ4v) is 1.86. The fraction of sp³-hybridized carbons (Fsp3) is 0. The second-order valence-electron chi connectivity index (χ2n) is 3.79. The van der Waals surface area contributed by atoms with Gasteiger partial charge in [0.15, 0.2) is 0 Å². The number of rotatable bonds is 3. The first-order valence-corrected chi connectivity index (χ1v) is 5.99. The van der Waals surface area contributed by atoms with Crippen LogP contribution in [0.25, 0.3) is 0 Å². The van der Waals surface area contributed by atoms with E-state index in [0.717, 1.165) is 18.2 Å². The van der Waals surface area contributed by atoms with E-state index in [-0.39, 0.29) is 21.4 Å². The summed E-state index contributed by atoms with van der Waals surface area (Å²) < 4.78 is 26.4. The van der Waals surface area contributed by atoms with E-state index in [2.05, 4.69) is 5.32 Å². The SMILES string of the molecule is O=[N+]([O-])c1cc(Cl)c(F)cc1Nc1ccc(F)c(Cl)c1. The number of nitrogens with zero attached hydrogens (tertiary/aromatic N) is 1. The maximum Gasteiger partial charge on any atom is 0.294 e. The van der Waals surface area contributed by atoms with Gasteiger partial charge in [0.1, 0.15) is 17.3 Å². The van der Waals surface area contributed by atoms with Gasteiger partial charge in [-0.2, -0.15) is 0 Å². The van der Waals surface area contributed by atoms with Crippen molar-refractivity contribution in [2.24, 2.45) is 0 Å². The van der Waals surface area contributed by atoms with Gasteiger partial charge in [-0.1, -0.05) is 23.2 Å². The molecule has 4 nitrogen and oxygen atoms in total. The zero-order chi connectivity index (χ0) is 14.9. The highest BCUT2D eigenvalue weighted by molar-refractivity contribution is 6.31. The van der Waals surface area contributed by atoms with E-state index in [1.165, 1.54) is 12.1 Å². The van der Waals surface area contributed by atoms with E-state index in [4.69, 9.17) is 23.2 Å². The first-order chi connectivity index (χ1) is 9.38. The van der Waals surface area contributed by atoms with Crippen molar-refractivity contribution in [1.82, 2.24) is 0 Å². The molecule has 0 bridgehead atoms. The van der Waals surface area contributed by atoms with Crippen LogP contribution < -0.4 is 5.32 Å². The Balaban J connectivity index is 2.44. The molecule has 2 aromatic rings. The van der Waals surface area contributed by atoms with Crippen molar-refractivity contribution in [2.75, 3.05) is 5.32 Å². The molecule has 0 saturated heterocycles.